The highest BCUT2D eigenvalue weighted by Crippen LogP contribution is 2.22. The van der Waals surface area contributed by atoms with Gasteiger partial charge in [0.15, 0.2) is 57.7 Å². The molecular weight excluding hydrogens is 1850 g/mol. The molecule has 0 aromatic carbocycles. The van der Waals surface area contributed by atoms with Gasteiger partial charge in [0.2, 0.25) is 5.88 Å². The summed E-state index contributed by atoms with van der Waals surface area (Å²) >= 11 is 6.34. The number of aliphatic hydroxyl groups is 4. The van der Waals surface area contributed by atoms with Crippen LogP contribution in [0, 0.1) is 34.9 Å². The summed E-state index contributed by atoms with van der Waals surface area (Å²) in [6, 6.07) is 14.0. The number of carbonyl (C=O) groups excluding carboxylic acids is 4. The first-order valence-electron chi connectivity index (χ1n) is 38.8. The molecule has 9 rings (SSSR count). The molecule has 0 bridgehead atoms. The third-order valence-corrected chi connectivity index (χ3v) is 16.9. The third kappa shape index (κ3) is 46.7. The van der Waals surface area contributed by atoms with Crippen molar-refractivity contribution in [2.24, 2.45) is 5.16 Å². The summed E-state index contributed by atoms with van der Waals surface area (Å²) in [5, 5.41) is 46.2. The molecule has 47 heteroatoms. The zero-order valence-corrected chi connectivity index (χ0v) is 77.1. The minimum atomic E-state index is -0.838. The average molecular weight is 1960 g/mol. The predicted octanol–water partition coefficient (Wildman–Crippen LogP) is 8.18. The molecule has 1 aliphatic heterocycles. The molecule has 0 saturated carbocycles. The van der Waals surface area contributed by atoms with Crippen LogP contribution in [0.2, 0.25) is 0 Å². The number of hydrogen-bond acceptors (Lipinski definition) is 39. The number of ether oxygens (including phenoxy) is 11. The molecule has 0 spiro atoms. The number of anilines is 1. The summed E-state index contributed by atoms with van der Waals surface area (Å²) in [6.07, 6.45) is 12.6. The number of esters is 4. The molecule has 8 aromatic heterocycles. The van der Waals surface area contributed by atoms with Gasteiger partial charge in [0.1, 0.15) is 86.0 Å². The number of halogens is 8. The fraction of sp³-hybridized carbons (Fsp3) is 0.451. The molecule has 714 valence electrons. The first kappa shape index (κ1) is 114. The minimum absolute atomic E-state index is 0.000305. The van der Waals surface area contributed by atoms with Crippen molar-refractivity contribution in [2.45, 2.75) is 40.3 Å². The molecule has 0 radical (unpaired) electrons. The van der Waals surface area contributed by atoms with Gasteiger partial charge in [-0.05, 0) is 37.2 Å². The van der Waals surface area contributed by atoms with Gasteiger partial charge >= 0.3 is 23.9 Å². The number of aliphatic hydroxyl groups excluding tert-OH is 4. The molecule has 0 unspecified atom stereocenters. The van der Waals surface area contributed by atoms with Crippen molar-refractivity contribution in [1.29, 1.82) is 0 Å². The summed E-state index contributed by atoms with van der Waals surface area (Å²) < 4.78 is 135. The third-order valence-electron chi connectivity index (χ3n) is 16.2. The van der Waals surface area contributed by atoms with Crippen LogP contribution in [-0.4, -0.2) is 323 Å². The summed E-state index contributed by atoms with van der Waals surface area (Å²) in [5.41, 5.74) is 0.835. The van der Waals surface area contributed by atoms with Crippen molar-refractivity contribution >= 4 is 67.6 Å². The van der Waals surface area contributed by atoms with E-state index in [9.17, 15) is 45.5 Å². The molecule has 8 aromatic rings. The summed E-state index contributed by atoms with van der Waals surface area (Å²) in [5.74, 6) is -4.62. The van der Waals surface area contributed by atoms with E-state index in [1.54, 1.807) is 99.3 Å². The number of aromatic nitrogens is 8. The van der Waals surface area contributed by atoms with Crippen LogP contribution in [-0.2, 0) is 69.6 Å². The van der Waals surface area contributed by atoms with E-state index in [1.165, 1.54) is 82.9 Å². The Morgan fingerprint density at radius 1 is 0.419 bits per heavy atom. The first-order valence-corrected chi connectivity index (χ1v) is 41.0. The standard InChI is InChI=1S/C14H20FN3O2.C11H15FN2O4.C10H11FN2O4.C10H15FN2O3.2C10H16N2O3.C9H9BrFNO3.C8H9BrFNO2/c1-3-17-5-7-18(8-6-17)11-9-12(15)13(16-10-11)14(19)20-4-2;1-14(17-3)4-5-18-8-6-9(12)10(13-7-8)11(15)16-2;1-15-10(14)9-8(11)5-7(6-12-9)17-4-3-13-16-2;1-13(15-2)3-4-16-8-5-9(11)10(7-14)12-6-8;1-12(14-2)5-6-15-10-4-3-9(8-13)11-7-10;1-12(14-2)5-6-15-10-4-3-9(8-13)7-11-10;1-14-9(13)8-7(11)4-6(5-12-8)15-3-2-10;9-1-2-13-6-3-7(10)8(5-12)11-4-6/h9-10H,3-8H2,1-2H3;6-7H,4-5H2,1-3H3;3,5-6H,4H2,1-2H3;5-6,14H,3-4,7H2,1-2H3;2*3-4,7,13H,5-6,8H2,1-2H3;4-5H,2-3H2,1H3;3-4,12H,1-2,5H2. The van der Waals surface area contributed by atoms with Gasteiger partial charge in [-0.15, -0.1) is 0 Å². The lowest BCUT2D eigenvalue weighted by atomic mass is 10.2. The molecule has 0 amide bonds. The maximum absolute atomic E-state index is 13.9. The van der Waals surface area contributed by atoms with Gasteiger partial charge in [-0.3, -0.25) is 15.0 Å². The molecule has 1 aliphatic rings. The molecule has 9 heterocycles. The van der Waals surface area contributed by atoms with Crippen LogP contribution in [0.1, 0.15) is 78.4 Å². The zero-order valence-electron chi connectivity index (χ0n) is 73.9. The summed E-state index contributed by atoms with van der Waals surface area (Å²) in [4.78, 5) is 103. The van der Waals surface area contributed by atoms with E-state index in [1.807, 2.05) is 14.1 Å². The molecular formula is C82H111Br2F6N15O24. The molecule has 0 aliphatic carbocycles. The molecule has 129 heavy (non-hydrogen) atoms. The summed E-state index contributed by atoms with van der Waals surface area (Å²) in [7, 11) is 18.3. The second kappa shape index (κ2) is 68.1. The fourth-order valence-electron chi connectivity index (χ4n) is 9.05. The van der Waals surface area contributed by atoms with Crippen molar-refractivity contribution in [3.8, 4) is 40.4 Å². The maximum atomic E-state index is 13.9. The van der Waals surface area contributed by atoms with Crippen molar-refractivity contribution in [3.05, 3.63) is 191 Å². The highest BCUT2D eigenvalue weighted by molar-refractivity contribution is 9.09. The largest absolute Gasteiger partial charge is 0.491 e. The summed E-state index contributed by atoms with van der Waals surface area (Å²) in [6.45, 7) is 12.9. The Balaban J connectivity index is 0.000000501. The van der Waals surface area contributed by atoms with Crippen LogP contribution in [0.15, 0.2) is 115 Å². The van der Waals surface area contributed by atoms with Gasteiger partial charge < -0.3 is 107 Å². The fourth-order valence-corrected chi connectivity index (χ4v) is 9.37. The highest BCUT2D eigenvalue weighted by Gasteiger charge is 2.22. The van der Waals surface area contributed by atoms with E-state index in [4.69, 9.17) is 77.7 Å². The van der Waals surface area contributed by atoms with Crippen molar-refractivity contribution < 1.29 is 142 Å². The Morgan fingerprint density at radius 3 is 1.13 bits per heavy atom. The Labute approximate surface area is 760 Å². The zero-order chi connectivity index (χ0) is 95.9. The Morgan fingerprint density at radius 2 is 0.798 bits per heavy atom. The number of hydrogen-bond donors (Lipinski definition) is 4. The smallest absolute Gasteiger partial charge is 0.359 e. The van der Waals surface area contributed by atoms with E-state index in [2.05, 4.69) is 113 Å². The molecule has 1 saturated heterocycles. The van der Waals surface area contributed by atoms with E-state index < -0.39 is 72.0 Å². The number of methoxy groups -OCH3 is 3. The molecule has 0 atom stereocenters. The van der Waals surface area contributed by atoms with E-state index >= 15 is 0 Å². The first-order chi connectivity index (χ1) is 62.1. The lowest BCUT2D eigenvalue weighted by molar-refractivity contribution is -0.113. The normalized spacial score (nSPS) is 11.3. The molecule has 1 fully saturated rings. The van der Waals surface area contributed by atoms with E-state index in [0.29, 0.717) is 111 Å². The van der Waals surface area contributed by atoms with Gasteiger partial charge in [-0.25, -0.2) is 70.4 Å². The van der Waals surface area contributed by atoms with Crippen molar-refractivity contribution in [3.63, 3.8) is 0 Å². The monoisotopic (exact) mass is 1960 g/mol. The predicted molar refractivity (Wildman–Crippen MR) is 462 cm³/mol. The highest BCUT2D eigenvalue weighted by atomic mass is 79.9. The van der Waals surface area contributed by atoms with Crippen LogP contribution < -0.4 is 38.1 Å². The van der Waals surface area contributed by atoms with Crippen LogP contribution in [0.3, 0.4) is 0 Å². The number of piperazine rings is 1. The Hall–Kier alpha value is -11.0. The van der Waals surface area contributed by atoms with Crippen LogP contribution >= 0.6 is 31.9 Å². The minimum Gasteiger partial charge on any atom is -0.491 e. The topological polar surface area (TPSA) is 432 Å². The van der Waals surface area contributed by atoms with E-state index in [0.717, 1.165) is 70.7 Å². The number of rotatable bonds is 41. The van der Waals surface area contributed by atoms with E-state index in [-0.39, 0.29) is 77.8 Å². The number of pyridine rings is 8. The van der Waals surface area contributed by atoms with Crippen molar-refractivity contribution in [2.75, 3.05) is 212 Å². The second-order valence-corrected chi connectivity index (χ2v) is 26.4. The van der Waals surface area contributed by atoms with Gasteiger partial charge in [0, 0.05) is 114 Å². The number of alkyl halides is 2. The molecule has 4 N–H and O–H groups in total. The maximum Gasteiger partial charge on any atom is 0.359 e. The Kier molecular flexibility index (Phi) is 60.2. The second-order valence-electron chi connectivity index (χ2n) is 24.9. The van der Waals surface area contributed by atoms with Gasteiger partial charge in [0.25, 0.3) is 0 Å². The number of carbonyl (C=O) groups is 4. The average Bonchev–Trinajstić information content (AvgIpc) is 0.810. The number of hydroxylamine groups is 8. The van der Waals surface area contributed by atoms with Gasteiger partial charge in [0.05, 0.1) is 183 Å². The van der Waals surface area contributed by atoms with Crippen LogP contribution in [0.4, 0.5) is 32.0 Å². The van der Waals surface area contributed by atoms with Crippen molar-refractivity contribution in [1.82, 2.24) is 65.0 Å². The Bertz CT molecular complexity index is 4450. The van der Waals surface area contributed by atoms with Gasteiger partial charge in [-0.2, -0.15) is 20.3 Å². The lowest BCUT2D eigenvalue weighted by Gasteiger charge is -2.35. The van der Waals surface area contributed by atoms with Crippen LogP contribution in [0.25, 0.3) is 0 Å². The number of nitrogens with zero attached hydrogens (tertiary/aromatic N) is 15. The number of oxime groups is 1. The van der Waals surface area contributed by atoms with Crippen LogP contribution in [0.5, 0.6) is 40.4 Å². The SMILES string of the molecule is CCOC(=O)c1ncc(N2CCN(CC)CC2)cc1F.COC(=O)c1ncc(OCCBr)cc1F.COC(=O)c1ncc(OCCN(C)OC)cc1F.CON(C)CCOc1ccc(CO)cn1.CON(C)CCOc1ccc(CO)nc1.CON(C)CCOc1cnc(CO)c(F)c1.CON=CCOc1cnc(C(=O)OC)c(F)c1.OCc1ncc(OCCBr)cc1F. The quantitative estimate of drug-likeness (QED) is 0.00700. The van der Waals surface area contributed by atoms with Gasteiger partial charge in [-0.1, -0.05) is 43.9 Å². The number of likely N-dealkylation sites (N-methyl/N-ethyl adjacent to an activating group) is 5. The molecule has 39 nitrogen and oxygen atoms in total. The lowest BCUT2D eigenvalue weighted by Crippen LogP contribution is -2.46.